The Labute approximate surface area is 92.8 Å². The van der Waals surface area contributed by atoms with Crippen LogP contribution in [0.1, 0.15) is 5.56 Å². The first-order valence-electron chi connectivity index (χ1n) is 4.38. The molecule has 3 N–H and O–H groups in total. The third kappa shape index (κ3) is 4.39. The number of hydrogen-bond donors (Lipinski definition) is 3. The van der Waals surface area contributed by atoms with Crippen LogP contribution in [-0.2, 0) is 21.5 Å². The first-order chi connectivity index (χ1) is 7.40. The van der Waals surface area contributed by atoms with Gasteiger partial charge in [-0.2, -0.15) is 13.1 Å². The number of phenolic OH excluding ortho intramolecular Hbond substituents is 1. The van der Waals surface area contributed by atoms with Gasteiger partial charge >= 0.3 is 10.3 Å². The van der Waals surface area contributed by atoms with Crippen molar-refractivity contribution in [3.8, 4) is 5.75 Å². The van der Waals surface area contributed by atoms with E-state index in [2.05, 4.69) is 0 Å². The molecule has 0 spiro atoms. The average molecular weight is 245 g/mol. The van der Waals surface area contributed by atoms with Crippen molar-refractivity contribution in [3.63, 3.8) is 0 Å². The second-order valence-corrected chi connectivity index (χ2v) is 4.39. The quantitative estimate of drug-likeness (QED) is 0.496. The SMILES string of the molecule is O=CC(Cc1ccc(O)cc1)NS(=O)(=O)O. The number of hydrogen-bond acceptors (Lipinski definition) is 4. The molecular formula is C9H11NO5S. The number of carbonyl (C=O) groups is 1. The van der Waals surface area contributed by atoms with E-state index < -0.39 is 16.3 Å². The van der Waals surface area contributed by atoms with Gasteiger partial charge in [0.15, 0.2) is 0 Å². The molecule has 1 unspecified atom stereocenters. The van der Waals surface area contributed by atoms with Crippen LogP contribution in [0.5, 0.6) is 5.75 Å². The molecule has 0 amide bonds. The third-order valence-corrected chi connectivity index (χ3v) is 2.46. The highest BCUT2D eigenvalue weighted by Gasteiger charge is 2.14. The molecule has 0 radical (unpaired) electrons. The maximum Gasteiger partial charge on any atom is 0.334 e. The van der Waals surface area contributed by atoms with E-state index in [0.29, 0.717) is 11.8 Å². The normalized spacial score (nSPS) is 13.3. The lowest BCUT2D eigenvalue weighted by Crippen LogP contribution is -2.37. The minimum Gasteiger partial charge on any atom is -0.508 e. The predicted octanol–water partition coefficient (Wildman–Crippen LogP) is -0.105. The number of phenols is 1. The van der Waals surface area contributed by atoms with Gasteiger partial charge in [0.1, 0.15) is 12.0 Å². The lowest BCUT2D eigenvalue weighted by atomic mass is 10.1. The van der Waals surface area contributed by atoms with E-state index in [0.717, 1.165) is 0 Å². The van der Waals surface area contributed by atoms with Crippen LogP contribution in [0.2, 0.25) is 0 Å². The summed E-state index contributed by atoms with van der Waals surface area (Å²) in [4.78, 5) is 10.6. The minimum absolute atomic E-state index is 0.0779. The van der Waals surface area contributed by atoms with Gasteiger partial charge in [0.25, 0.3) is 0 Å². The van der Waals surface area contributed by atoms with Gasteiger partial charge in [-0.15, -0.1) is 0 Å². The summed E-state index contributed by atoms with van der Waals surface area (Å²) in [5.41, 5.74) is 0.658. The molecule has 1 atom stereocenters. The largest absolute Gasteiger partial charge is 0.508 e. The van der Waals surface area contributed by atoms with Gasteiger partial charge in [-0.3, -0.25) is 4.55 Å². The summed E-state index contributed by atoms with van der Waals surface area (Å²) >= 11 is 0. The molecule has 0 aliphatic carbocycles. The van der Waals surface area contributed by atoms with Gasteiger partial charge in [-0.25, -0.2) is 0 Å². The molecule has 0 aliphatic rings. The standard InChI is InChI=1S/C9H11NO5S/c11-6-8(10-16(13,14)15)5-7-1-3-9(12)4-2-7/h1-4,6,8,10,12H,5H2,(H,13,14,15). The fraction of sp³-hybridized carbons (Fsp3) is 0.222. The van der Waals surface area contributed by atoms with Crippen molar-refractivity contribution < 1.29 is 22.9 Å². The molecule has 0 saturated heterocycles. The highest BCUT2D eigenvalue weighted by Crippen LogP contribution is 2.11. The van der Waals surface area contributed by atoms with E-state index in [1.54, 1.807) is 16.9 Å². The minimum atomic E-state index is -4.39. The second-order valence-electron chi connectivity index (χ2n) is 3.21. The second kappa shape index (κ2) is 5.06. The molecule has 7 heteroatoms. The number of aldehydes is 1. The van der Waals surface area contributed by atoms with Gasteiger partial charge in [-0.05, 0) is 24.1 Å². The number of nitrogens with one attached hydrogen (secondary N) is 1. The van der Waals surface area contributed by atoms with Crippen LogP contribution in [0.3, 0.4) is 0 Å². The van der Waals surface area contributed by atoms with Gasteiger partial charge in [-0.1, -0.05) is 12.1 Å². The summed E-state index contributed by atoms with van der Waals surface area (Å²) in [5.74, 6) is 0.0779. The van der Waals surface area contributed by atoms with Crippen molar-refractivity contribution in [2.75, 3.05) is 0 Å². The molecule has 0 saturated carbocycles. The predicted molar refractivity (Wildman–Crippen MR) is 56.3 cm³/mol. The molecule has 6 nitrogen and oxygen atoms in total. The molecule has 0 heterocycles. The van der Waals surface area contributed by atoms with E-state index in [4.69, 9.17) is 9.66 Å². The molecule has 0 fully saturated rings. The van der Waals surface area contributed by atoms with Crippen molar-refractivity contribution in [2.24, 2.45) is 0 Å². The Kier molecular flexibility index (Phi) is 3.99. The Morgan fingerprint density at radius 3 is 2.31 bits per heavy atom. The summed E-state index contributed by atoms with van der Waals surface area (Å²) in [6.07, 6.45) is 0.490. The van der Waals surface area contributed by atoms with Crippen LogP contribution in [0, 0.1) is 0 Å². The molecular weight excluding hydrogens is 234 g/mol. The Balaban J connectivity index is 2.70. The summed E-state index contributed by atoms with van der Waals surface area (Å²) in [7, 11) is -4.39. The number of carbonyl (C=O) groups excluding carboxylic acids is 1. The molecule has 1 aromatic carbocycles. The molecule has 0 bridgehead atoms. The first-order valence-corrected chi connectivity index (χ1v) is 5.82. The van der Waals surface area contributed by atoms with Crippen molar-refractivity contribution in [2.45, 2.75) is 12.5 Å². The number of aromatic hydroxyl groups is 1. The van der Waals surface area contributed by atoms with Gasteiger partial charge in [0.2, 0.25) is 0 Å². The van der Waals surface area contributed by atoms with E-state index >= 15 is 0 Å². The zero-order chi connectivity index (χ0) is 12.2. The third-order valence-electron chi connectivity index (χ3n) is 1.86. The zero-order valence-electron chi connectivity index (χ0n) is 8.20. The van der Waals surface area contributed by atoms with E-state index in [-0.39, 0.29) is 12.2 Å². The van der Waals surface area contributed by atoms with Crippen LogP contribution in [-0.4, -0.2) is 30.4 Å². The lowest BCUT2D eigenvalue weighted by Gasteiger charge is -2.09. The van der Waals surface area contributed by atoms with Crippen molar-refractivity contribution in [1.29, 1.82) is 0 Å². The Morgan fingerprint density at radius 2 is 1.88 bits per heavy atom. The summed E-state index contributed by atoms with van der Waals surface area (Å²) in [6.45, 7) is 0. The fourth-order valence-corrected chi connectivity index (χ4v) is 1.72. The van der Waals surface area contributed by atoms with Crippen LogP contribution in [0.25, 0.3) is 0 Å². The van der Waals surface area contributed by atoms with Gasteiger partial charge in [0.05, 0.1) is 6.04 Å². The van der Waals surface area contributed by atoms with Crippen molar-refractivity contribution in [1.82, 2.24) is 4.72 Å². The Bertz CT molecular complexity index is 453. The molecule has 1 rings (SSSR count). The van der Waals surface area contributed by atoms with Crippen LogP contribution in [0.4, 0.5) is 0 Å². The smallest absolute Gasteiger partial charge is 0.334 e. The fourth-order valence-electron chi connectivity index (χ4n) is 1.19. The molecule has 88 valence electrons. The van der Waals surface area contributed by atoms with E-state index in [1.807, 2.05) is 0 Å². The number of benzene rings is 1. The highest BCUT2D eigenvalue weighted by atomic mass is 32.2. The first kappa shape index (κ1) is 12.6. The van der Waals surface area contributed by atoms with Gasteiger partial charge in [0, 0.05) is 0 Å². The van der Waals surface area contributed by atoms with E-state index in [9.17, 15) is 13.2 Å². The van der Waals surface area contributed by atoms with Crippen LogP contribution >= 0.6 is 0 Å². The van der Waals surface area contributed by atoms with Gasteiger partial charge < -0.3 is 9.90 Å². The molecule has 1 aromatic rings. The van der Waals surface area contributed by atoms with Crippen molar-refractivity contribution in [3.05, 3.63) is 29.8 Å². The summed E-state index contributed by atoms with van der Waals surface area (Å²) in [5, 5.41) is 9.01. The molecule has 16 heavy (non-hydrogen) atoms. The lowest BCUT2D eigenvalue weighted by molar-refractivity contribution is -0.109. The van der Waals surface area contributed by atoms with Crippen molar-refractivity contribution >= 4 is 16.6 Å². The maximum absolute atomic E-state index is 10.6. The van der Waals surface area contributed by atoms with Crippen LogP contribution < -0.4 is 4.72 Å². The summed E-state index contributed by atoms with van der Waals surface area (Å²) < 4.78 is 31.3. The molecule has 0 aliphatic heterocycles. The Morgan fingerprint density at radius 1 is 1.31 bits per heavy atom. The maximum atomic E-state index is 10.6. The number of rotatable bonds is 5. The monoisotopic (exact) mass is 245 g/mol. The van der Waals surface area contributed by atoms with Crippen LogP contribution in [0.15, 0.2) is 24.3 Å². The topological polar surface area (TPSA) is 104 Å². The average Bonchev–Trinajstić information content (AvgIpc) is 2.18. The molecule has 0 aromatic heterocycles. The Hall–Kier alpha value is -1.44. The highest BCUT2D eigenvalue weighted by molar-refractivity contribution is 7.83. The zero-order valence-corrected chi connectivity index (χ0v) is 9.02. The summed E-state index contributed by atoms with van der Waals surface area (Å²) in [6, 6.07) is 4.92. The van der Waals surface area contributed by atoms with E-state index in [1.165, 1.54) is 12.1 Å².